The van der Waals surface area contributed by atoms with E-state index in [1.165, 1.54) is 32.4 Å². The van der Waals surface area contributed by atoms with Gasteiger partial charge >= 0.3 is 5.97 Å². The molecule has 0 N–H and O–H groups in total. The Morgan fingerprint density at radius 2 is 1.94 bits per heavy atom. The van der Waals surface area contributed by atoms with E-state index in [9.17, 15) is 9.18 Å². The number of benzene rings is 1. The van der Waals surface area contributed by atoms with Gasteiger partial charge in [-0.05, 0) is 42.5 Å². The van der Waals surface area contributed by atoms with Crippen molar-refractivity contribution in [1.82, 2.24) is 0 Å². The standard InChI is InChI=1S/C14H17FO2/c1-17-14(16)12-7-11(8-13(15)9-12)10-5-3-2-4-6-10/h7-10H,2-6H2,1H3. The molecule has 1 aliphatic carbocycles. The van der Waals surface area contributed by atoms with Crippen LogP contribution in [0.4, 0.5) is 4.39 Å². The van der Waals surface area contributed by atoms with Crippen LogP contribution in [0.25, 0.3) is 0 Å². The molecule has 1 aromatic rings. The first-order chi connectivity index (χ1) is 8.20. The molecule has 0 spiro atoms. The molecular weight excluding hydrogens is 219 g/mol. The van der Waals surface area contributed by atoms with Gasteiger partial charge in [-0.2, -0.15) is 0 Å². The molecule has 0 radical (unpaired) electrons. The number of halogens is 1. The van der Waals surface area contributed by atoms with Gasteiger partial charge in [0.25, 0.3) is 0 Å². The Morgan fingerprint density at radius 3 is 2.59 bits per heavy atom. The average Bonchev–Trinajstić information content (AvgIpc) is 2.38. The number of carbonyl (C=O) groups excluding carboxylic acids is 1. The number of carbonyl (C=O) groups is 1. The van der Waals surface area contributed by atoms with Gasteiger partial charge in [0.05, 0.1) is 12.7 Å². The van der Waals surface area contributed by atoms with E-state index in [2.05, 4.69) is 4.74 Å². The Bertz CT molecular complexity index is 409. The number of hydrogen-bond acceptors (Lipinski definition) is 2. The molecule has 92 valence electrons. The van der Waals surface area contributed by atoms with Gasteiger partial charge in [-0.25, -0.2) is 9.18 Å². The quantitative estimate of drug-likeness (QED) is 0.732. The monoisotopic (exact) mass is 236 g/mol. The zero-order chi connectivity index (χ0) is 12.3. The Hall–Kier alpha value is -1.38. The zero-order valence-electron chi connectivity index (χ0n) is 10.0. The van der Waals surface area contributed by atoms with Crippen LogP contribution in [0, 0.1) is 5.82 Å². The molecule has 0 bridgehead atoms. The first-order valence-electron chi connectivity index (χ1n) is 6.09. The molecule has 0 saturated heterocycles. The smallest absolute Gasteiger partial charge is 0.337 e. The van der Waals surface area contributed by atoms with Crippen LogP contribution < -0.4 is 0 Å². The molecular formula is C14H17FO2. The second-order valence-electron chi connectivity index (χ2n) is 4.60. The van der Waals surface area contributed by atoms with Crippen molar-refractivity contribution < 1.29 is 13.9 Å². The molecule has 0 heterocycles. The van der Waals surface area contributed by atoms with E-state index in [1.807, 2.05) is 0 Å². The lowest BCUT2D eigenvalue weighted by molar-refractivity contribution is 0.0600. The van der Waals surface area contributed by atoms with Crippen LogP contribution in [0.5, 0.6) is 0 Å². The molecule has 3 heteroatoms. The Morgan fingerprint density at radius 1 is 1.24 bits per heavy atom. The van der Waals surface area contributed by atoms with Crippen LogP contribution in [0.2, 0.25) is 0 Å². The molecule has 17 heavy (non-hydrogen) atoms. The maximum absolute atomic E-state index is 13.5. The first kappa shape index (κ1) is 12.1. The summed E-state index contributed by atoms with van der Waals surface area (Å²) in [5.74, 6) is -0.433. The first-order valence-corrected chi connectivity index (χ1v) is 6.09. The van der Waals surface area contributed by atoms with Gasteiger partial charge in [-0.3, -0.25) is 0 Å². The van der Waals surface area contributed by atoms with Crippen LogP contribution in [-0.4, -0.2) is 13.1 Å². The number of rotatable bonds is 2. The minimum atomic E-state index is -0.471. The lowest BCUT2D eigenvalue weighted by Crippen LogP contribution is -2.08. The third-order valence-electron chi connectivity index (χ3n) is 3.42. The van der Waals surface area contributed by atoms with Gasteiger partial charge in [0.2, 0.25) is 0 Å². The number of ether oxygens (including phenoxy) is 1. The van der Waals surface area contributed by atoms with Gasteiger partial charge in [0.15, 0.2) is 0 Å². The highest BCUT2D eigenvalue weighted by Gasteiger charge is 2.18. The van der Waals surface area contributed by atoms with Crippen molar-refractivity contribution in [2.45, 2.75) is 38.0 Å². The predicted octanol–water partition coefficient (Wildman–Crippen LogP) is 3.66. The summed E-state index contributed by atoms with van der Waals surface area (Å²) in [6.07, 6.45) is 5.81. The van der Waals surface area contributed by atoms with Crippen LogP contribution in [0.3, 0.4) is 0 Å². The molecule has 2 rings (SSSR count). The molecule has 0 unspecified atom stereocenters. The summed E-state index contributed by atoms with van der Waals surface area (Å²) in [6.45, 7) is 0. The molecule has 0 aliphatic heterocycles. The summed E-state index contributed by atoms with van der Waals surface area (Å²) >= 11 is 0. The Balaban J connectivity index is 2.27. The Labute approximate surface area is 101 Å². The molecule has 0 amide bonds. The summed E-state index contributed by atoms with van der Waals surface area (Å²) in [5, 5.41) is 0. The molecule has 1 fully saturated rings. The minimum absolute atomic E-state index is 0.313. The van der Waals surface area contributed by atoms with Crippen molar-refractivity contribution in [1.29, 1.82) is 0 Å². The van der Waals surface area contributed by atoms with Crippen molar-refractivity contribution in [3.63, 3.8) is 0 Å². The lowest BCUT2D eigenvalue weighted by Gasteiger charge is -2.22. The highest BCUT2D eigenvalue weighted by molar-refractivity contribution is 5.89. The van der Waals surface area contributed by atoms with Gasteiger partial charge in [-0.1, -0.05) is 19.3 Å². The largest absolute Gasteiger partial charge is 0.465 e. The lowest BCUT2D eigenvalue weighted by atomic mass is 9.83. The molecule has 2 nitrogen and oxygen atoms in total. The maximum Gasteiger partial charge on any atom is 0.337 e. The van der Waals surface area contributed by atoms with Crippen molar-refractivity contribution in [3.05, 3.63) is 35.1 Å². The van der Waals surface area contributed by atoms with Crippen molar-refractivity contribution in [2.24, 2.45) is 0 Å². The van der Waals surface area contributed by atoms with E-state index in [0.717, 1.165) is 18.4 Å². The maximum atomic E-state index is 13.5. The van der Waals surface area contributed by atoms with Gasteiger partial charge in [0.1, 0.15) is 5.82 Å². The number of esters is 1. The highest BCUT2D eigenvalue weighted by atomic mass is 19.1. The normalized spacial score (nSPS) is 16.8. The molecule has 0 aromatic heterocycles. The third-order valence-corrected chi connectivity index (χ3v) is 3.42. The van der Waals surface area contributed by atoms with Crippen LogP contribution in [0.15, 0.2) is 18.2 Å². The predicted molar refractivity (Wildman–Crippen MR) is 63.6 cm³/mol. The minimum Gasteiger partial charge on any atom is -0.465 e. The molecule has 0 atom stereocenters. The van der Waals surface area contributed by atoms with E-state index in [1.54, 1.807) is 12.1 Å². The third kappa shape index (κ3) is 2.84. The van der Waals surface area contributed by atoms with Crippen LogP contribution >= 0.6 is 0 Å². The molecule has 1 saturated carbocycles. The van der Waals surface area contributed by atoms with Crippen LogP contribution in [0.1, 0.15) is 53.9 Å². The van der Waals surface area contributed by atoms with Gasteiger partial charge in [-0.15, -0.1) is 0 Å². The van der Waals surface area contributed by atoms with Crippen LogP contribution in [-0.2, 0) is 4.74 Å². The SMILES string of the molecule is COC(=O)c1cc(F)cc(C2CCCCC2)c1. The fourth-order valence-electron chi connectivity index (χ4n) is 2.52. The summed E-state index contributed by atoms with van der Waals surface area (Å²) < 4.78 is 18.1. The van der Waals surface area contributed by atoms with Gasteiger partial charge < -0.3 is 4.74 Å². The second kappa shape index (κ2) is 5.30. The molecule has 1 aromatic carbocycles. The fraction of sp³-hybridized carbons (Fsp3) is 0.500. The van der Waals surface area contributed by atoms with Crippen molar-refractivity contribution >= 4 is 5.97 Å². The van der Waals surface area contributed by atoms with E-state index >= 15 is 0 Å². The summed E-state index contributed by atoms with van der Waals surface area (Å²) in [7, 11) is 1.31. The van der Waals surface area contributed by atoms with E-state index < -0.39 is 5.97 Å². The van der Waals surface area contributed by atoms with Gasteiger partial charge in [0, 0.05) is 0 Å². The van der Waals surface area contributed by atoms with E-state index in [0.29, 0.717) is 11.5 Å². The summed E-state index contributed by atoms with van der Waals surface area (Å²) in [4.78, 5) is 11.4. The molecule has 1 aliphatic rings. The highest BCUT2D eigenvalue weighted by Crippen LogP contribution is 2.33. The second-order valence-corrected chi connectivity index (χ2v) is 4.60. The number of methoxy groups -OCH3 is 1. The topological polar surface area (TPSA) is 26.3 Å². The number of hydrogen-bond donors (Lipinski definition) is 0. The zero-order valence-corrected chi connectivity index (χ0v) is 10.0. The van der Waals surface area contributed by atoms with E-state index in [-0.39, 0.29) is 5.82 Å². The summed E-state index contributed by atoms with van der Waals surface area (Å²) in [6, 6.07) is 4.55. The van der Waals surface area contributed by atoms with E-state index in [4.69, 9.17) is 0 Å². The fourth-order valence-corrected chi connectivity index (χ4v) is 2.52. The van der Waals surface area contributed by atoms with Crippen molar-refractivity contribution in [3.8, 4) is 0 Å². The average molecular weight is 236 g/mol. The Kier molecular flexibility index (Phi) is 3.77. The van der Waals surface area contributed by atoms with Crippen molar-refractivity contribution in [2.75, 3.05) is 7.11 Å². The summed E-state index contributed by atoms with van der Waals surface area (Å²) in [5.41, 5.74) is 1.25.